The molecular weight excluding hydrogens is 394 g/mol. The van der Waals surface area contributed by atoms with Gasteiger partial charge in [0.15, 0.2) is 0 Å². The monoisotopic (exact) mass is 421 g/mol. The van der Waals surface area contributed by atoms with Crippen LogP contribution in [0.15, 0.2) is 85.3 Å². The fraction of sp³-hybridized carbons (Fsp3) is 0.222. The summed E-state index contributed by atoms with van der Waals surface area (Å²) in [5, 5.41) is 4.71. The highest BCUT2D eigenvalue weighted by Gasteiger charge is 2.27. The standard InChI is InChI=1S/C27H27N5/c1-30-14-16-31(17-15-30)22-8-6-20(7-9-22)21-11-13-32-26(19-29-27(32)18-21)24-10-12-28-25-5-3-2-4-23(24)25/h2-13,18-19,27,29H,14-17H2,1H3. The molecule has 1 saturated heterocycles. The van der Waals surface area contributed by atoms with Crippen LogP contribution >= 0.6 is 0 Å². The van der Waals surface area contributed by atoms with Crippen LogP contribution in [0, 0.1) is 0 Å². The molecule has 3 aromatic rings. The molecule has 1 unspecified atom stereocenters. The molecule has 1 atom stereocenters. The molecule has 6 rings (SSSR count). The highest BCUT2D eigenvalue weighted by atomic mass is 15.3. The molecule has 1 fully saturated rings. The molecule has 160 valence electrons. The summed E-state index contributed by atoms with van der Waals surface area (Å²) in [6.45, 7) is 4.44. The molecule has 32 heavy (non-hydrogen) atoms. The maximum absolute atomic E-state index is 4.51. The number of aromatic nitrogens is 1. The molecular formula is C27H27N5. The molecule has 0 aliphatic carbocycles. The van der Waals surface area contributed by atoms with E-state index in [0.717, 1.165) is 31.7 Å². The lowest BCUT2D eigenvalue weighted by atomic mass is 10.0. The lowest BCUT2D eigenvalue weighted by Gasteiger charge is -2.34. The first kappa shape index (κ1) is 19.1. The van der Waals surface area contributed by atoms with Crippen molar-refractivity contribution in [2.75, 3.05) is 38.1 Å². The van der Waals surface area contributed by atoms with Crippen LogP contribution in [0.25, 0.3) is 22.2 Å². The van der Waals surface area contributed by atoms with E-state index >= 15 is 0 Å². The van der Waals surface area contributed by atoms with Crippen LogP contribution in [0.4, 0.5) is 5.69 Å². The number of piperazine rings is 1. The number of likely N-dealkylation sites (N-methyl/N-ethyl adjacent to an activating group) is 1. The minimum Gasteiger partial charge on any atom is -0.369 e. The molecule has 0 radical (unpaired) electrons. The van der Waals surface area contributed by atoms with Crippen LogP contribution in [0.1, 0.15) is 11.1 Å². The van der Waals surface area contributed by atoms with E-state index in [2.05, 4.69) is 105 Å². The van der Waals surface area contributed by atoms with Gasteiger partial charge in [0.2, 0.25) is 0 Å². The summed E-state index contributed by atoms with van der Waals surface area (Å²) in [6.07, 6.45) is 10.8. The second kappa shape index (κ2) is 7.84. The Hall–Kier alpha value is -3.57. The summed E-state index contributed by atoms with van der Waals surface area (Å²) in [5.41, 5.74) is 7.21. The molecule has 4 heterocycles. The smallest absolute Gasteiger partial charge is 0.123 e. The number of allylic oxidation sites excluding steroid dienone is 2. The molecule has 5 heteroatoms. The predicted molar refractivity (Wildman–Crippen MR) is 132 cm³/mol. The first-order chi connectivity index (χ1) is 15.8. The van der Waals surface area contributed by atoms with Crippen LogP contribution in [-0.2, 0) is 0 Å². The third-order valence-corrected chi connectivity index (χ3v) is 6.71. The van der Waals surface area contributed by atoms with Crippen LogP contribution in [0.2, 0.25) is 0 Å². The first-order valence-electron chi connectivity index (χ1n) is 11.3. The molecule has 0 spiro atoms. The van der Waals surface area contributed by atoms with Gasteiger partial charge in [-0.15, -0.1) is 0 Å². The average molecular weight is 422 g/mol. The molecule has 5 nitrogen and oxygen atoms in total. The maximum atomic E-state index is 4.51. The van der Waals surface area contributed by atoms with E-state index in [1.54, 1.807) is 0 Å². The third kappa shape index (κ3) is 3.35. The summed E-state index contributed by atoms with van der Waals surface area (Å²) >= 11 is 0. The molecule has 1 N–H and O–H groups in total. The van der Waals surface area contributed by atoms with Gasteiger partial charge >= 0.3 is 0 Å². The number of para-hydroxylation sites is 1. The van der Waals surface area contributed by atoms with Crippen molar-refractivity contribution in [2.24, 2.45) is 0 Å². The van der Waals surface area contributed by atoms with Gasteiger partial charge in [0.05, 0.1) is 11.2 Å². The Morgan fingerprint density at radius 3 is 2.59 bits per heavy atom. The van der Waals surface area contributed by atoms with Gasteiger partial charge in [-0.2, -0.15) is 0 Å². The normalized spacial score (nSPS) is 20.7. The van der Waals surface area contributed by atoms with Crippen molar-refractivity contribution in [1.29, 1.82) is 0 Å². The van der Waals surface area contributed by atoms with Gasteiger partial charge in [-0.3, -0.25) is 4.98 Å². The molecule has 3 aliphatic rings. The minimum atomic E-state index is 0.120. The van der Waals surface area contributed by atoms with Crippen LogP contribution in [0.5, 0.6) is 0 Å². The van der Waals surface area contributed by atoms with Gasteiger partial charge in [0, 0.05) is 61.4 Å². The number of fused-ring (bicyclic) bond motifs is 2. The number of hydrogen-bond donors (Lipinski definition) is 1. The predicted octanol–water partition coefficient (Wildman–Crippen LogP) is 4.13. The van der Waals surface area contributed by atoms with E-state index in [9.17, 15) is 0 Å². The van der Waals surface area contributed by atoms with E-state index in [4.69, 9.17) is 0 Å². The summed E-state index contributed by atoms with van der Waals surface area (Å²) in [7, 11) is 2.19. The molecule has 3 aliphatic heterocycles. The summed E-state index contributed by atoms with van der Waals surface area (Å²) in [5.74, 6) is 0. The Kier molecular flexibility index (Phi) is 4.69. The lowest BCUT2D eigenvalue weighted by Crippen LogP contribution is -2.44. The van der Waals surface area contributed by atoms with Gasteiger partial charge in [0.25, 0.3) is 0 Å². The Morgan fingerprint density at radius 2 is 1.75 bits per heavy atom. The molecule has 2 aromatic carbocycles. The van der Waals surface area contributed by atoms with E-state index in [0.29, 0.717) is 0 Å². The van der Waals surface area contributed by atoms with Crippen molar-refractivity contribution in [3.05, 3.63) is 96.5 Å². The van der Waals surface area contributed by atoms with Crippen molar-refractivity contribution >= 4 is 27.9 Å². The van der Waals surface area contributed by atoms with Crippen molar-refractivity contribution in [1.82, 2.24) is 20.1 Å². The van der Waals surface area contributed by atoms with E-state index in [-0.39, 0.29) is 6.17 Å². The number of hydrogen-bond acceptors (Lipinski definition) is 5. The molecule has 1 aromatic heterocycles. The Morgan fingerprint density at radius 1 is 0.938 bits per heavy atom. The quantitative estimate of drug-likeness (QED) is 0.688. The van der Waals surface area contributed by atoms with Gasteiger partial charge in [0.1, 0.15) is 6.17 Å². The summed E-state index contributed by atoms with van der Waals surface area (Å²) < 4.78 is 0. The number of pyridine rings is 1. The van der Waals surface area contributed by atoms with Gasteiger partial charge < -0.3 is 20.0 Å². The molecule has 0 amide bonds. The fourth-order valence-corrected chi connectivity index (χ4v) is 4.81. The van der Waals surface area contributed by atoms with E-state index in [1.807, 2.05) is 12.3 Å². The first-order valence-corrected chi connectivity index (χ1v) is 11.3. The highest BCUT2D eigenvalue weighted by Crippen LogP contribution is 2.34. The average Bonchev–Trinajstić information content (AvgIpc) is 3.27. The van der Waals surface area contributed by atoms with Gasteiger partial charge in [-0.05, 0) is 54.6 Å². The van der Waals surface area contributed by atoms with Crippen molar-refractivity contribution in [2.45, 2.75) is 6.17 Å². The Labute approximate surface area is 189 Å². The lowest BCUT2D eigenvalue weighted by molar-refractivity contribution is 0.313. The van der Waals surface area contributed by atoms with Gasteiger partial charge in [-0.25, -0.2) is 0 Å². The summed E-state index contributed by atoms with van der Waals surface area (Å²) in [4.78, 5) is 11.7. The molecule has 0 bridgehead atoms. The van der Waals surface area contributed by atoms with E-state index < -0.39 is 0 Å². The second-order valence-corrected chi connectivity index (χ2v) is 8.70. The number of nitrogens with one attached hydrogen (secondary N) is 1. The topological polar surface area (TPSA) is 34.6 Å². The SMILES string of the molecule is CN1CCN(c2ccc(C3=CC4NC=C(c5ccnc6ccccc56)N4C=C3)cc2)CC1. The minimum absolute atomic E-state index is 0.120. The van der Waals surface area contributed by atoms with Crippen molar-refractivity contribution < 1.29 is 0 Å². The van der Waals surface area contributed by atoms with E-state index in [1.165, 1.54) is 33.5 Å². The maximum Gasteiger partial charge on any atom is 0.123 e. The van der Waals surface area contributed by atoms with Crippen molar-refractivity contribution in [3.63, 3.8) is 0 Å². The second-order valence-electron chi connectivity index (χ2n) is 8.70. The van der Waals surface area contributed by atoms with Crippen molar-refractivity contribution in [3.8, 4) is 0 Å². The highest BCUT2D eigenvalue weighted by molar-refractivity contribution is 5.92. The number of rotatable bonds is 3. The third-order valence-electron chi connectivity index (χ3n) is 6.71. The zero-order valence-corrected chi connectivity index (χ0v) is 18.3. The zero-order valence-electron chi connectivity index (χ0n) is 18.3. The Bertz CT molecular complexity index is 1230. The van der Waals surface area contributed by atoms with Crippen LogP contribution in [-0.4, -0.2) is 54.2 Å². The zero-order chi connectivity index (χ0) is 21.5. The molecule has 0 saturated carbocycles. The van der Waals surface area contributed by atoms with Crippen LogP contribution in [0.3, 0.4) is 0 Å². The number of anilines is 1. The fourth-order valence-electron chi connectivity index (χ4n) is 4.81. The van der Waals surface area contributed by atoms with Crippen LogP contribution < -0.4 is 10.2 Å². The number of nitrogens with zero attached hydrogens (tertiary/aromatic N) is 4. The summed E-state index contributed by atoms with van der Waals surface area (Å²) in [6, 6.07) is 19.4. The largest absolute Gasteiger partial charge is 0.369 e. The Balaban J connectivity index is 1.22. The van der Waals surface area contributed by atoms with Gasteiger partial charge in [-0.1, -0.05) is 30.3 Å². The number of benzene rings is 2.